The lowest BCUT2D eigenvalue weighted by Gasteiger charge is -2.33. The summed E-state index contributed by atoms with van der Waals surface area (Å²) in [5.74, 6) is 1.05. The van der Waals surface area contributed by atoms with E-state index >= 15 is 0 Å². The third-order valence-electron chi connectivity index (χ3n) is 6.14. The molecule has 2 fully saturated rings. The normalized spacial score (nSPS) is 26.2. The van der Waals surface area contributed by atoms with Crippen molar-refractivity contribution in [1.82, 2.24) is 9.97 Å². The van der Waals surface area contributed by atoms with Crippen molar-refractivity contribution in [3.63, 3.8) is 0 Å². The molecule has 138 valence electrons. The fourth-order valence-corrected chi connectivity index (χ4v) is 4.40. The first-order valence-electron chi connectivity index (χ1n) is 9.87. The minimum Gasteiger partial charge on any atom is -0.365 e. The van der Waals surface area contributed by atoms with Crippen LogP contribution in [0.4, 0.5) is 5.95 Å². The van der Waals surface area contributed by atoms with E-state index in [0.29, 0.717) is 17.6 Å². The Kier molecular flexibility index (Phi) is 5.60. The lowest BCUT2D eigenvalue weighted by molar-refractivity contribution is 0.0997. The summed E-state index contributed by atoms with van der Waals surface area (Å²) in [5.41, 5.74) is 7.09. The average molecular weight is 345 g/mol. The molecular weight excluding hydrogens is 312 g/mol. The van der Waals surface area contributed by atoms with Gasteiger partial charge in [-0.15, -0.1) is 0 Å². The molecule has 25 heavy (non-hydrogen) atoms. The molecule has 1 amide bonds. The van der Waals surface area contributed by atoms with Gasteiger partial charge in [0, 0.05) is 12.2 Å². The van der Waals surface area contributed by atoms with Gasteiger partial charge in [0.2, 0.25) is 5.95 Å². The number of rotatable bonds is 5. The molecule has 0 atom stereocenters. The molecule has 0 aromatic carbocycles. The van der Waals surface area contributed by atoms with Gasteiger partial charge in [-0.3, -0.25) is 4.79 Å². The molecule has 1 aromatic heterocycles. The third kappa shape index (κ3) is 4.71. The molecular formula is C20H32N4O. The first kappa shape index (κ1) is 18.2. The number of nitrogens with zero attached hydrogens (tertiary/aromatic N) is 2. The van der Waals surface area contributed by atoms with Crippen molar-refractivity contribution in [2.75, 3.05) is 5.32 Å². The number of hydrogen-bond acceptors (Lipinski definition) is 4. The Morgan fingerprint density at radius 2 is 1.92 bits per heavy atom. The van der Waals surface area contributed by atoms with Crippen LogP contribution in [0.3, 0.4) is 0 Å². The van der Waals surface area contributed by atoms with Crippen molar-refractivity contribution in [1.29, 1.82) is 0 Å². The van der Waals surface area contributed by atoms with E-state index in [2.05, 4.69) is 24.1 Å². The van der Waals surface area contributed by atoms with Gasteiger partial charge in [-0.1, -0.05) is 33.1 Å². The molecule has 2 saturated carbocycles. The molecule has 0 spiro atoms. The molecule has 0 unspecified atom stereocenters. The predicted octanol–water partition coefficient (Wildman–Crippen LogP) is 4.08. The summed E-state index contributed by atoms with van der Waals surface area (Å²) in [4.78, 5) is 20.9. The number of amides is 1. The maximum Gasteiger partial charge on any atom is 0.252 e. The summed E-state index contributed by atoms with van der Waals surface area (Å²) < 4.78 is 0. The third-order valence-corrected chi connectivity index (χ3v) is 6.14. The zero-order chi connectivity index (χ0) is 17.9. The maximum absolute atomic E-state index is 11.8. The molecule has 5 nitrogen and oxygen atoms in total. The maximum atomic E-state index is 11.8. The zero-order valence-corrected chi connectivity index (χ0v) is 15.7. The molecule has 0 radical (unpaired) electrons. The van der Waals surface area contributed by atoms with Gasteiger partial charge in [0.1, 0.15) is 0 Å². The van der Waals surface area contributed by atoms with E-state index in [9.17, 15) is 4.79 Å². The number of hydrogen-bond donors (Lipinski definition) is 2. The molecule has 0 bridgehead atoms. The summed E-state index contributed by atoms with van der Waals surface area (Å²) in [5, 5.41) is 3.48. The molecule has 5 heteroatoms. The molecule has 3 rings (SSSR count). The van der Waals surface area contributed by atoms with Gasteiger partial charge in [-0.2, -0.15) is 0 Å². The van der Waals surface area contributed by atoms with E-state index in [0.717, 1.165) is 30.9 Å². The number of anilines is 1. The standard InChI is InChI=1S/C20H32N4O/c1-14-6-8-15(9-7-14)23-19-22-13-16(18(21)25)17(24-19)12-20(2)10-4-3-5-11-20/h13-15H,3-12H2,1-2H3,(H2,21,25)(H,22,23,24). The highest BCUT2D eigenvalue weighted by atomic mass is 16.1. The second kappa shape index (κ2) is 7.71. The zero-order valence-electron chi connectivity index (χ0n) is 15.7. The van der Waals surface area contributed by atoms with Crippen molar-refractivity contribution in [3.8, 4) is 0 Å². The van der Waals surface area contributed by atoms with Gasteiger partial charge in [-0.05, 0) is 56.3 Å². The number of carbonyl (C=O) groups is 1. The second-order valence-electron chi connectivity index (χ2n) is 8.57. The largest absolute Gasteiger partial charge is 0.365 e. The van der Waals surface area contributed by atoms with Crippen LogP contribution in [0, 0.1) is 11.3 Å². The smallest absolute Gasteiger partial charge is 0.252 e. The van der Waals surface area contributed by atoms with Crippen LogP contribution in [0.2, 0.25) is 0 Å². The monoisotopic (exact) mass is 344 g/mol. The van der Waals surface area contributed by atoms with Crippen molar-refractivity contribution in [2.45, 2.75) is 84.1 Å². The molecule has 0 saturated heterocycles. The van der Waals surface area contributed by atoms with E-state index in [1.165, 1.54) is 44.9 Å². The first-order valence-corrected chi connectivity index (χ1v) is 9.87. The van der Waals surface area contributed by atoms with Crippen LogP contribution in [0.25, 0.3) is 0 Å². The lowest BCUT2D eigenvalue weighted by atomic mass is 9.72. The van der Waals surface area contributed by atoms with E-state index < -0.39 is 5.91 Å². The van der Waals surface area contributed by atoms with Gasteiger partial charge < -0.3 is 11.1 Å². The second-order valence-corrected chi connectivity index (χ2v) is 8.57. The van der Waals surface area contributed by atoms with Crippen molar-refractivity contribution in [3.05, 3.63) is 17.5 Å². The highest BCUT2D eigenvalue weighted by Crippen LogP contribution is 2.39. The van der Waals surface area contributed by atoms with Crippen LogP contribution in [0.5, 0.6) is 0 Å². The fourth-order valence-electron chi connectivity index (χ4n) is 4.40. The summed E-state index contributed by atoms with van der Waals surface area (Å²) in [6, 6.07) is 0.439. The van der Waals surface area contributed by atoms with Gasteiger partial charge in [0.05, 0.1) is 11.3 Å². The Balaban J connectivity index is 1.76. The first-order chi connectivity index (χ1) is 12.0. The summed E-state index contributed by atoms with van der Waals surface area (Å²) >= 11 is 0. The molecule has 3 N–H and O–H groups in total. The Morgan fingerprint density at radius 3 is 2.56 bits per heavy atom. The van der Waals surface area contributed by atoms with E-state index in [1.807, 2.05) is 0 Å². The Bertz CT molecular complexity index is 602. The molecule has 2 aliphatic carbocycles. The number of nitrogens with two attached hydrogens (primary N) is 1. The van der Waals surface area contributed by atoms with E-state index in [-0.39, 0.29) is 5.41 Å². The van der Waals surface area contributed by atoms with Crippen molar-refractivity contribution < 1.29 is 4.79 Å². The summed E-state index contributed by atoms with van der Waals surface area (Å²) in [6.45, 7) is 4.63. The Labute approximate surface area is 151 Å². The fraction of sp³-hybridized carbons (Fsp3) is 0.750. The number of aromatic nitrogens is 2. The van der Waals surface area contributed by atoms with Crippen LogP contribution >= 0.6 is 0 Å². The molecule has 0 aliphatic heterocycles. The van der Waals surface area contributed by atoms with Crippen molar-refractivity contribution in [2.24, 2.45) is 17.1 Å². The predicted molar refractivity (Wildman–Crippen MR) is 100 cm³/mol. The number of carbonyl (C=O) groups excluding carboxylic acids is 1. The quantitative estimate of drug-likeness (QED) is 0.843. The lowest BCUT2D eigenvalue weighted by Crippen LogP contribution is -2.28. The summed E-state index contributed by atoms with van der Waals surface area (Å²) in [7, 11) is 0. The summed E-state index contributed by atoms with van der Waals surface area (Å²) in [6.07, 6.45) is 13.5. The van der Waals surface area contributed by atoms with Crippen LogP contribution in [-0.4, -0.2) is 21.9 Å². The van der Waals surface area contributed by atoms with Gasteiger partial charge in [-0.25, -0.2) is 9.97 Å². The molecule has 1 heterocycles. The van der Waals surface area contributed by atoms with E-state index in [1.54, 1.807) is 6.20 Å². The van der Waals surface area contributed by atoms with Crippen LogP contribution in [0.15, 0.2) is 6.20 Å². The van der Waals surface area contributed by atoms with Crippen LogP contribution < -0.4 is 11.1 Å². The van der Waals surface area contributed by atoms with Gasteiger partial charge >= 0.3 is 0 Å². The van der Waals surface area contributed by atoms with Gasteiger partial charge in [0.15, 0.2) is 0 Å². The van der Waals surface area contributed by atoms with Crippen molar-refractivity contribution >= 4 is 11.9 Å². The molecule has 2 aliphatic rings. The minimum atomic E-state index is -0.424. The minimum absolute atomic E-state index is 0.217. The SMILES string of the molecule is CC1CCC(Nc2ncc(C(N)=O)c(CC3(C)CCCCC3)n2)CC1. The average Bonchev–Trinajstić information content (AvgIpc) is 2.57. The number of nitrogens with one attached hydrogen (secondary N) is 1. The van der Waals surface area contributed by atoms with E-state index in [4.69, 9.17) is 10.7 Å². The van der Waals surface area contributed by atoms with Crippen LogP contribution in [0.1, 0.15) is 87.7 Å². The number of primary amides is 1. The van der Waals surface area contributed by atoms with Gasteiger partial charge in [0.25, 0.3) is 5.91 Å². The Hall–Kier alpha value is -1.65. The topological polar surface area (TPSA) is 80.9 Å². The highest BCUT2D eigenvalue weighted by Gasteiger charge is 2.29. The van der Waals surface area contributed by atoms with Crippen LogP contribution in [-0.2, 0) is 6.42 Å². The molecule has 1 aromatic rings. The Morgan fingerprint density at radius 1 is 1.24 bits per heavy atom. The highest BCUT2D eigenvalue weighted by molar-refractivity contribution is 5.93.